The Hall–Kier alpha value is -3.10. The molecule has 1 aliphatic heterocycles. The van der Waals surface area contributed by atoms with Crippen LogP contribution in [0.2, 0.25) is 0 Å². The van der Waals surface area contributed by atoms with Crippen LogP contribution in [-0.4, -0.2) is 51.5 Å². The molecule has 1 aromatic carbocycles. The van der Waals surface area contributed by atoms with Crippen LogP contribution in [0.3, 0.4) is 0 Å². The Bertz CT molecular complexity index is 1070. The Morgan fingerprint density at radius 3 is 2.57 bits per heavy atom. The first-order valence-corrected chi connectivity index (χ1v) is 9.70. The molecular weight excluding hydrogens is 395 g/mol. The molecule has 0 atom stereocenters. The highest BCUT2D eigenvalue weighted by atomic mass is 19.4. The molecule has 30 heavy (non-hydrogen) atoms. The molecule has 0 unspecified atom stereocenters. The van der Waals surface area contributed by atoms with Gasteiger partial charge < -0.3 is 14.4 Å². The van der Waals surface area contributed by atoms with Crippen LogP contribution in [0, 0.1) is 0 Å². The third kappa shape index (κ3) is 3.71. The highest BCUT2D eigenvalue weighted by Gasteiger charge is 2.31. The van der Waals surface area contributed by atoms with E-state index in [4.69, 9.17) is 0 Å². The quantitative estimate of drug-likeness (QED) is 0.652. The van der Waals surface area contributed by atoms with Crippen molar-refractivity contribution in [3.63, 3.8) is 0 Å². The fraction of sp³-hybridized carbons (Fsp3) is 0.381. The Kier molecular flexibility index (Phi) is 5.13. The van der Waals surface area contributed by atoms with Crippen LogP contribution in [0.5, 0.6) is 0 Å². The Labute approximate surface area is 171 Å². The number of imidazole rings is 1. The standard InChI is InChI=1S/C21H22F3N5O/c1-27-13-25-12-19(27)20(30)28(2)15-6-9-29(10-7-15)18-5-8-26-17-11-14(21(22,23)24)3-4-16(17)18/h3-5,8,11-13,15H,6-7,9-10H2,1-2H3. The van der Waals surface area contributed by atoms with Crippen molar-refractivity contribution in [3.05, 3.63) is 54.2 Å². The zero-order chi connectivity index (χ0) is 21.5. The summed E-state index contributed by atoms with van der Waals surface area (Å²) in [5.41, 5.74) is 1.04. The molecule has 3 aromatic rings. The van der Waals surface area contributed by atoms with Gasteiger partial charge in [0, 0.05) is 50.5 Å². The molecule has 0 spiro atoms. The molecule has 0 bridgehead atoms. The first-order chi connectivity index (χ1) is 14.3. The van der Waals surface area contributed by atoms with Crippen molar-refractivity contribution in [1.29, 1.82) is 0 Å². The van der Waals surface area contributed by atoms with Gasteiger partial charge in [-0.15, -0.1) is 0 Å². The van der Waals surface area contributed by atoms with E-state index in [1.165, 1.54) is 6.07 Å². The van der Waals surface area contributed by atoms with Gasteiger partial charge in [-0.1, -0.05) is 6.07 Å². The number of anilines is 1. The maximum atomic E-state index is 13.0. The fourth-order valence-corrected chi connectivity index (χ4v) is 3.99. The van der Waals surface area contributed by atoms with Crippen LogP contribution in [0.1, 0.15) is 28.9 Å². The third-order valence-electron chi connectivity index (χ3n) is 5.76. The summed E-state index contributed by atoms with van der Waals surface area (Å²) in [4.78, 5) is 24.8. The molecule has 1 saturated heterocycles. The number of nitrogens with zero attached hydrogens (tertiary/aromatic N) is 5. The fourth-order valence-electron chi connectivity index (χ4n) is 3.99. The highest BCUT2D eigenvalue weighted by Crippen LogP contribution is 2.34. The summed E-state index contributed by atoms with van der Waals surface area (Å²) in [7, 11) is 3.59. The smallest absolute Gasteiger partial charge is 0.371 e. The van der Waals surface area contributed by atoms with Gasteiger partial charge >= 0.3 is 6.18 Å². The second-order valence-corrected chi connectivity index (χ2v) is 7.58. The number of halogens is 3. The van der Waals surface area contributed by atoms with Crippen molar-refractivity contribution in [3.8, 4) is 0 Å². The molecule has 3 heterocycles. The van der Waals surface area contributed by atoms with E-state index in [0.717, 1.165) is 30.7 Å². The number of benzene rings is 1. The molecule has 0 saturated carbocycles. The van der Waals surface area contributed by atoms with Gasteiger partial charge in [0.2, 0.25) is 0 Å². The van der Waals surface area contributed by atoms with Gasteiger partial charge in [0.05, 0.1) is 23.6 Å². The number of carbonyl (C=O) groups is 1. The molecule has 0 aliphatic carbocycles. The molecule has 4 rings (SSSR count). The minimum absolute atomic E-state index is 0.0671. The largest absolute Gasteiger partial charge is 0.416 e. The van der Waals surface area contributed by atoms with Crippen LogP contribution in [0.4, 0.5) is 18.9 Å². The summed E-state index contributed by atoms with van der Waals surface area (Å²) in [6.07, 6.45) is 1.85. The van der Waals surface area contributed by atoms with Crippen molar-refractivity contribution in [2.75, 3.05) is 25.0 Å². The maximum Gasteiger partial charge on any atom is 0.416 e. The summed E-state index contributed by atoms with van der Waals surface area (Å²) in [5, 5.41) is 0.697. The van der Waals surface area contributed by atoms with Gasteiger partial charge in [0.1, 0.15) is 5.69 Å². The van der Waals surface area contributed by atoms with E-state index >= 15 is 0 Å². The van der Waals surface area contributed by atoms with Crippen LogP contribution in [-0.2, 0) is 13.2 Å². The van der Waals surface area contributed by atoms with Gasteiger partial charge in [-0.05, 0) is 31.0 Å². The molecule has 6 nitrogen and oxygen atoms in total. The monoisotopic (exact) mass is 417 g/mol. The van der Waals surface area contributed by atoms with Gasteiger partial charge in [0.25, 0.3) is 5.91 Å². The number of carbonyl (C=O) groups excluding carboxylic acids is 1. The summed E-state index contributed by atoms with van der Waals surface area (Å²) in [6.45, 7) is 1.40. The van der Waals surface area contributed by atoms with Crippen LogP contribution in [0.15, 0.2) is 43.0 Å². The Morgan fingerprint density at radius 1 is 1.20 bits per heavy atom. The molecular formula is C21H22F3N5O. The van der Waals surface area contributed by atoms with Crippen molar-refractivity contribution in [2.45, 2.75) is 25.1 Å². The molecule has 2 aromatic heterocycles. The lowest BCUT2D eigenvalue weighted by molar-refractivity contribution is -0.137. The van der Waals surface area contributed by atoms with E-state index in [0.29, 0.717) is 29.7 Å². The van der Waals surface area contributed by atoms with E-state index in [1.54, 1.807) is 42.3 Å². The number of pyridine rings is 1. The van der Waals surface area contributed by atoms with Gasteiger partial charge in [0.15, 0.2) is 0 Å². The van der Waals surface area contributed by atoms with Gasteiger partial charge in [-0.25, -0.2) is 4.98 Å². The van der Waals surface area contributed by atoms with E-state index in [2.05, 4.69) is 14.9 Å². The van der Waals surface area contributed by atoms with E-state index < -0.39 is 11.7 Å². The number of hydrogen-bond donors (Lipinski definition) is 0. The van der Waals surface area contributed by atoms with Crippen molar-refractivity contribution < 1.29 is 18.0 Å². The number of amides is 1. The van der Waals surface area contributed by atoms with Crippen LogP contribution >= 0.6 is 0 Å². The van der Waals surface area contributed by atoms with E-state index in [1.807, 2.05) is 6.07 Å². The van der Waals surface area contributed by atoms with Crippen LogP contribution < -0.4 is 4.90 Å². The Morgan fingerprint density at radius 2 is 1.93 bits per heavy atom. The molecule has 9 heteroatoms. The lowest BCUT2D eigenvalue weighted by atomic mass is 10.0. The van der Waals surface area contributed by atoms with Gasteiger partial charge in [-0.2, -0.15) is 13.2 Å². The Balaban J connectivity index is 1.49. The first-order valence-electron chi connectivity index (χ1n) is 9.70. The number of rotatable bonds is 3. The lowest BCUT2D eigenvalue weighted by Gasteiger charge is -2.38. The SMILES string of the molecule is CN(C(=O)c1cncn1C)C1CCN(c2ccnc3cc(C(F)(F)F)ccc23)CC1. The number of fused-ring (bicyclic) bond motifs is 1. The summed E-state index contributed by atoms with van der Waals surface area (Å²) < 4.78 is 40.7. The van der Waals surface area contributed by atoms with Gasteiger partial charge in [-0.3, -0.25) is 9.78 Å². The zero-order valence-corrected chi connectivity index (χ0v) is 16.7. The second-order valence-electron chi connectivity index (χ2n) is 7.58. The van der Waals surface area contributed by atoms with E-state index in [9.17, 15) is 18.0 Å². The molecule has 0 radical (unpaired) electrons. The van der Waals surface area contributed by atoms with E-state index in [-0.39, 0.29) is 11.9 Å². The second kappa shape index (κ2) is 7.62. The molecule has 0 N–H and O–H groups in total. The normalized spacial score (nSPS) is 15.6. The third-order valence-corrected chi connectivity index (χ3v) is 5.76. The highest BCUT2D eigenvalue weighted by molar-refractivity contribution is 5.93. The van der Waals surface area contributed by atoms with Crippen molar-refractivity contribution >= 4 is 22.5 Å². The lowest BCUT2D eigenvalue weighted by Crippen LogP contribution is -2.46. The number of aromatic nitrogens is 3. The molecule has 158 valence electrons. The first kappa shape index (κ1) is 20.2. The minimum Gasteiger partial charge on any atom is -0.371 e. The number of alkyl halides is 3. The molecule has 1 aliphatic rings. The summed E-state index contributed by atoms with van der Waals surface area (Å²) in [5.74, 6) is -0.0671. The van der Waals surface area contributed by atoms with Crippen LogP contribution in [0.25, 0.3) is 10.9 Å². The van der Waals surface area contributed by atoms with Crippen molar-refractivity contribution in [2.24, 2.45) is 7.05 Å². The maximum absolute atomic E-state index is 13.0. The van der Waals surface area contributed by atoms with Crippen molar-refractivity contribution in [1.82, 2.24) is 19.4 Å². The average Bonchev–Trinajstić information content (AvgIpc) is 3.17. The number of aryl methyl sites for hydroxylation is 1. The predicted molar refractivity (Wildman–Crippen MR) is 107 cm³/mol. The summed E-state index contributed by atoms with van der Waals surface area (Å²) >= 11 is 0. The number of piperidine rings is 1. The zero-order valence-electron chi connectivity index (χ0n) is 16.7. The molecule has 1 amide bonds. The molecule has 1 fully saturated rings. The topological polar surface area (TPSA) is 54.3 Å². The number of hydrogen-bond acceptors (Lipinski definition) is 4. The minimum atomic E-state index is -4.39. The average molecular weight is 417 g/mol. The predicted octanol–water partition coefficient (Wildman–Crippen LogP) is 3.73. The summed E-state index contributed by atoms with van der Waals surface area (Å²) in [6, 6.07) is 5.60.